The van der Waals surface area contributed by atoms with Gasteiger partial charge in [-0.15, -0.1) is 21.5 Å². The number of nitrogens with one attached hydrogen (secondary N) is 1. The Morgan fingerprint density at radius 1 is 1.19 bits per heavy atom. The number of aromatic nitrogens is 3. The molecule has 136 valence electrons. The summed E-state index contributed by atoms with van der Waals surface area (Å²) in [6, 6.07) is 13.8. The summed E-state index contributed by atoms with van der Waals surface area (Å²) < 4.78 is 16.0. The van der Waals surface area contributed by atoms with Gasteiger partial charge in [-0.2, -0.15) is 0 Å². The average molecular weight is 398 g/mol. The maximum atomic E-state index is 12.9. The molecule has 1 amide bonds. The Morgan fingerprint density at radius 3 is 2.78 bits per heavy atom. The number of thioether (sulfide) groups is 1. The first-order valence-electron chi connectivity index (χ1n) is 8.16. The Labute approximate surface area is 163 Å². The fraction of sp³-hybridized carbons (Fsp3) is 0.105. The molecule has 0 spiro atoms. The van der Waals surface area contributed by atoms with Crippen molar-refractivity contribution < 1.29 is 9.18 Å². The number of anilines is 1. The molecular formula is C19H15FN4OS2. The standard InChI is InChI=1S/C19H15FN4OS2/c1-24-18(15-10-26-16-5-3-2-4-14(15)16)22-23-19(24)27-11-17(25)21-13-8-6-12(20)7-9-13/h2-10H,11H2,1H3,(H,21,25). The zero-order valence-electron chi connectivity index (χ0n) is 14.3. The van der Waals surface area contributed by atoms with Gasteiger partial charge in [-0.3, -0.25) is 4.79 Å². The molecule has 0 saturated heterocycles. The van der Waals surface area contributed by atoms with Crippen molar-refractivity contribution in [3.05, 3.63) is 59.7 Å². The summed E-state index contributed by atoms with van der Waals surface area (Å²) in [7, 11) is 1.89. The van der Waals surface area contributed by atoms with E-state index < -0.39 is 0 Å². The minimum Gasteiger partial charge on any atom is -0.325 e. The lowest BCUT2D eigenvalue weighted by atomic mass is 10.2. The van der Waals surface area contributed by atoms with Gasteiger partial charge in [0.05, 0.1) is 5.75 Å². The Bertz CT molecular complexity index is 1100. The van der Waals surface area contributed by atoms with Crippen molar-refractivity contribution in [3.63, 3.8) is 0 Å². The predicted octanol–water partition coefficient (Wildman–Crippen LogP) is 4.57. The van der Waals surface area contributed by atoms with Crippen molar-refractivity contribution in [1.29, 1.82) is 0 Å². The maximum Gasteiger partial charge on any atom is 0.234 e. The van der Waals surface area contributed by atoms with Crippen LogP contribution in [0.1, 0.15) is 0 Å². The lowest BCUT2D eigenvalue weighted by Crippen LogP contribution is -2.14. The fourth-order valence-electron chi connectivity index (χ4n) is 2.69. The molecule has 4 rings (SSSR count). The number of hydrogen-bond acceptors (Lipinski definition) is 5. The van der Waals surface area contributed by atoms with Crippen LogP contribution in [0, 0.1) is 5.82 Å². The number of carbonyl (C=O) groups excluding carboxylic acids is 1. The van der Waals surface area contributed by atoms with E-state index in [1.165, 1.54) is 40.7 Å². The molecule has 5 nitrogen and oxygen atoms in total. The first-order chi connectivity index (χ1) is 13.1. The number of fused-ring (bicyclic) bond motifs is 1. The summed E-state index contributed by atoms with van der Waals surface area (Å²) in [4.78, 5) is 12.1. The molecule has 2 heterocycles. The van der Waals surface area contributed by atoms with Crippen molar-refractivity contribution in [2.75, 3.05) is 11.1 Å². The van der Waals surface area contributed by atoms with Gasteiger partial charge in [0.15, 0.2) is 11.0 Å². The van der Waals surface area contributed by atoms with Crippen LogP contribution in [0.2, 0.25) is 0 Å². The van der Waals surface area contributed by atoms with Gasteiger partial charge in [-0.25, -0.2) is 4.39 Å². The molecular weight excluding hydrogens is 383 g/mol. The summed E-state index contributed by atoms with van der Waals surface area (Å²) in [5, 5.41) is 15.1. The number of amides is 1. The van der Waals surface area contributed by atoms with Gasteiger partial charge < -0.3 is 9.88 Å². The fourth-order valence-corrected chi connectivity index (χ4v) is 4.34. The highest BCUT2D eigenvalue weighted by Crippen LogP contribution is 2.33. The largest absolute Gasteiger partial charge is 0.325 e. The summed E-state index contributed by atoms with van der Waals surface area (Å²) in [6.07, 6.45) is 0. The molecule has 8 heteroatoms. The van der Waals surface area contributed by atoms with E-state index in [9.17, 15) is 9.18 Å². The Kier molecular flexibility index (Phi) is 4.91. The third-order valence-corrected chi connectivity index (χ3v) is 6.00. The minimum absolute atomic E-state index is 0.183. The molecule has 0 saturated carbocycles. The number of halogens is 1. The van der Waals surface area contributed by atoms with Gasteiger partial charge in [0.2, 0.25) is 5.91 Å². The van der Waals surface area contributed by atoms with Crippen molar-refractivity contribution in [2.24, 2.45) is 7.05 Å². The highest BCUT2D eigenvalue weighted by atomic mass is 32.2. The predicted molar refractivity (Wildman–Crippen MR) is 108 cm³/mol. The molecule has 0 atom stereocenters. The molecule has 0 aliphatic carbocycles. The van der Waals surface area contributed by atoms with Crippen LogP contribution in [0.25, 0.3) is 21.5 Å². The molecule has 0 aliphatic rings. The van der Waals surface area contributed by atoms with E-state index in [0.29, 0.717) is 10.8 Å². The van der Waals surface area contributed by atoms with E-state index in [1.54, 1.807) is 11.3 Å². The van der Waals surface area contributed by atoms with Gasteiger partial charge >= 0.3 is 0 Å². The molecule has 0 bridgehead atoms. The summed E-state index contributed by atoms with van der Waals surface area (Å²) in [6.45, 7) is 0. The number of carbonyl (C=O) groups is 1. The molecule has 4 aromatic rings. The summed E-state index contributed by atoms with van der Waals surface area (Å²) >= 11 is 2.98. The van der Waals surface area contributed by atoms with Gasteiger partial charge in [0.1, 0.15) is 5.82 Å². The van der Waals surface area contributed by atoms with Crippen LogP contribution < -0.4 is 5.32 Å². The number of hydrogen-bond donors (Lipinski definition) is 1. The first kappa shape index (κ1) is 17.7. The van der Waals surface area contributed by atoms with Gasteiger partial charge in [0, 0.05) is 33.8 Å². The molecule has 2 aromatic heterocycles. The number of rotatable bonds is 5. The van der Waals surface area contributed by atoms with Crippen LogP contribution in [0.4, 0.5) is 10.1 Å². The van der Waals surface area contributed by atoms with E-state index in [2.05, 4.69) is 33.0 Å². The van der Waals surface area contributed by atoms with Crippen LogP contribution in [-0.4, -0.2) is 26.4 Å². The Hall–Kier alpha value is -2.71. The van der Waals surface area contributed by atoms with Gasteiger partial charge in [-0.05, 0) is 30.3 Å². The van der Waals surface area contributed by atoms with E-state index in [-0.39, 0.29) is 17.5 Å². The second-order valence-electron chi connectivity index (χ2n) is 5.85. The SMILES string of the molecule is Cn1c(SCC(=O)Nc2ccc(F)cc2)nnc1-c1csc2ccccc12. The quantitative estimate of drug-likeness (QED) is 0.501. The number of nitrogens with zero attached hydrogens (tertiary/aromatic N) is 3. The molecule has 2 aromatic carbocycles. The monoisotopic (exact) mass is 398 g/mol. The highest BCUT2D eigenvalue weighted by Gasteiger charge is 2.16. The van der Waals surface area contributed by atoms with Crippen LogP contribution >= 0.6 is 23.1 Å². The number of benzene rings is 2. The summed E-state index contributed by atoms with van der Waals surface area (Å²) in [5.41, 5.74) is 1.60. The van der Waals surface area contributed by atoms with E-state index in [0.717, 1.165) is 16.8 Å². The van der Waals surface area contributed by atoms with Crippen LogP contribution in [0.15, 0.2) is 59.1 Å². The zero-order chi connectivity index (χ0) is 18.8. The van der Waals surface area contributed by atoms with Crippen molar-refractivity contribution in [1.82, 2.24) is 14.8 Å². The second kappa shape index (κ2) is 7.50. The second-order valence-corrected chi connectivity index (χ2v) is 7.71. The van der Waals surface area contributed by atoms with E-state index >= 15 is 0 Å². The molecule has 0 radical (unpaired) electrons. The minimum atomic E-state index is -0.338. The van der Waals surface area contributed by atoms with Crippen LogP contribution in [0.5, 0.6) is 0 Å². The van der Waals surface area contributed by atoms with Crippen molar-refractivity contribution in [3.8, 4) is 11.4 Å². The topological polar surface area (TPSA) is 59.8 Å². The average Bonchev–Trinajstić information content (AvgIpc) is 3.25. The smallest absolute Gasteiger partial charge is 0.234 e. The van der Waals surface area contributed by atoms with Crippen LogP contribution in [-0.2, 0) is 11.8 Å². The Balaban J connectivity index is 1.46. The first-order valence-corrected chi connectivity index (χ1v) is 10.0. The maximum absolute atomic E-state index is 12.9. The molecule has 27 heavy (non-hydrogen) atoms. The van der Waals surface area contributed by atoms with Gasteiger partial charge in [-0.1, -0.05) is 30.0 Å². The van der Waals surface area contributed by atoms with Crippen molar-refractivity contribution >= 4 is 44.8 Å². The lowest BCUT2D eigenvalue weighted by Gasteiger charge is -2.05. The third-order valence-electron chi connectivity index (χ3n) is 4.02. The van der Waals surface area contributed by atoms with E-state index in [4.69, 9.17) is 0 Å². The van der Waals surface area contributed by atoms with Crippen LogP contribution in [0.3, 0.4) is 0 Å². The number of thiophene rings is 1. The Morgan fingerprint density at radius 2 is 1.96 bits per heavy atom. The normalized spacial score (nSPS) is 11.0. The van der Waals surface area contributed by atoms with Gasteiger partial charge in [0.25, 0.3) is 0 Å². The molecule has 0 aliphatic heterocycles. The molecule has 0 fully saturated rings. The lowest BCUT2D eigenvalue weighted by molar-refractivity contribution is -0.113. The third kappa shape index (κ3) is 3.72. The highest BCUT2D eigenvalue weighted by molar-refractivity contribution is 7.99. The van der Waals surface area contributed by atoms with E-state index in [1.807, 2.05) is 23.7 Å². The molecule has 1 N–H and O–H groups in total. The zero-order valence-corrected chi connectivity index (χ0v) is 16.0. The molecule has 0 unspecified atom stereocenters. The summed E-state index contributed by atoms with van der Waals surface area (Å²) in [5.74, 6) is 0.439. The van der Waals surface area contributed by atoms with Crippen molar-refractivity contribution in [2.45, 2.75) is 5.16 Å².